The third-order valence-electron chi connectivity index (χ3n) is 3.35. The van der Waals surface area contributed by atoms with Gasteiger partial charge in [0.2, 0.25) is 0 Å². The summed E-state index contributed by atoms with van der Waals surface area (Å²) >= 11 is 11.8. The van der Waals surface area contributed by atoms with Gasteiger partial charge in [0.25, 0.3) is 0 Å². The molecule has 1 N–H and O–H groups in total. The molecular formula is C13H17Cl4F3N2. The molecule has 1 aromatic rings. The molecule has 0 aliphatic carbocycles. The van der Waals surface area contributed by atoms with E-state index in [2.05, 4.69) is 5.32 Å². The van der Waals surface area contributed by atoms with Crippen molar-refractivity contribution in [3.63, 3.8) is 0 Å². The normalized spacial score (nSPS) is 17.3. The standard InChI is InChI=1S/C13H15Cl2F3N2.2ClH/c14-10-2-1-9(7-11(10)15)12(8-13(16,17)18)20-5-3-19-4-6-20;;/h1-2,7,12,19H,3-6,8H2;2*1H/t12-;;/m1../s1. The molecule has 0 bridgehead atoms. The number of piperazine rings is 1. The molecular weight excluding hydrogens is 383 g/mol. The number of nitrogens with zero attached hydrogens (tertiary/aromatic N) is 1. The summed E-state index contributed by atoms with van der Waals surface area (Å²) in [6.07, 6.45) is -5.10. The van der Waals surface area contributed by atoms with Crippen LogP contribution in [0.25, 0.3) is 0 Å². The van der Waals surface area contributed by atoms with Crippen molar-refractivity contribution in [2.24, 2.45) is 0 Å². The zero-order chi connectivity index (χ0) is 14.8. The van der Waals surface area contributed by atoms with Gasteiger partial charge in [-0.1, -0.05) is 29.3 Å². The zero-order valence-corrected chi connectivity index (χ0v) is 14.6. The third kappa shape index (κ3) is 6.30. The Morgan fingerprint density at radius 2 is 1.68 bits per heavy atom. The molecule has 1 atom stereocenters. The van der Waals surface area contributed by atoms with Crippen molar-refractivity contribution in [1.82, 2.24) is 10.2 Å². The molecule has 0 aromatic heterocycles. The average Bonchev–Trinajstić information content (AvgIpc) is 2.39. The second-order valence-electron chi connectivity index (χ2n) is 4.79. The number of alkyl halides is 3. The van der Waals surface area contributed by atoms with Crippen molar-refractivity contribution in [2.45, 2.75) is 18.6 Å². The van der Waals surface area contributed by atoms with E-state index >= 15 is 0 Å². The predicted octanol–water partition coefficient (Wildman–Crippen LogP) is 4.74. The number of nitrogens with one attached hydrogen (secondary N) is 1. The van der Waals surface area contributed by atoms with E-state index in [4.69, 9.17) is 23.2 Å². The van der Waals surface area contributed by atoms with Crippen LogP contribution in [0.5, 0.6) is 0 Å². The van der Waals surface area contributed by atoms with Crippen molar-refractivity contribution in [2.75, 3.05) is 26.2 Å². The summed E-state index contributed by atoms with van der Waals surface area (Å²) in [6, 6.07) is 3.98. The number of hydrogen-bond donors (Lipinski definition) is 1. The Hall–Kier alpha value is 0.0900. The van der Waals surface area contributed by atoms with Crippen LogP contribution in [0.2, 0.25) is 10.0 Å². The molecule has 1 fully saturated rings. The van der Waals surface area contributed by atoms with E-state index in [1.807, 2.05) is 4.90 Å². The van der Waals surface area contributed by atoms with Crippen molar-refractivity contribution >= 4 is 48.0 Å². The molecule has 0 amide bonds. The Labute approximate surface area is 150 Å². The molecule has 1 heterocycles. The Kier molecular flexibility index (Phi) is 9.44. The fraction of sp³-hybridized carbons (Fsp3) is 0.538. The van der Waals surface area contributed by atoms with Crippen LogP contribution >= 0.6 is 48.0 Å². The highest BCUT2D eigenvalue weighted by atomic mass is 35.5. The lowest BCUT2D eigenvalue weighted by Crippen LogP contribution is -2.46. The van der Waals surface area contributed by atoms with Crippen LogP contribution < -0.4 is 5.32 Å². The minimum atomic E-state index is -4.22. The largest absolute Gasteiger partial charge is 0.390 e. The van der Waals surface area contributed by atoms with Crippen LogP contribution in [0, 0.1) is 0 Å². The van der Waals surface area contributed by atoms with E-state index in [1.54, 1.807) is 12.1 Å². The van der Waals surface area contributed by atoms with Gasteiger partial charge in [0.15, 0.2) is 0 Å². The first-order chi connectivity index (χ1) is 9.37. The quantitative estimate of drug-likeness (QED) is 0.789. The molecule has 9 heteroatoms. The monoisotopic (exact) mass is 398 g/mol. The molecule has 0 spiro atoms. The highest BCUT2D eigenvalue weighted by molar-refractivity contribution is 6.42. The Bertz CT molecular complexity index is 465. The van der Waals surface area contributed by atoms with Gasteiger partial charge in [0.05, 0.1) is 16.5 Å². The first-order valence-corrected chi connectivity index (χ1v) is 7.09. The van der Waals surface area contributed by atoms with E-state index < -0.39 is 18.6 Å². The molecule has 0 unspecified atom stereocenters. The third-order valence-corrected chi connectivity index (χ3v) is 4.08. The molecule has 1 aliphatic rings. The van der Waals surface area contributed by atoms with Crippen LogP contribution in [-0.2, 0) is 0 Å². The van der Waals surface area contributed by atoms with Gasteiger partial charge in [-0.05, 0) is 17.7 Å². The Morgan fingerprint density at radius 1 is 1.09 bits per heavy atom. The Balaban J connectivity index is 0.00000220. The zero-order valence-electron chi connectivity index (χ0n) is 11.5. The van der Waals surface area contributed by atoms with Crippen LogP contribution in [0.1, 0.15) is 18.0 Å². The van der Waals surface area contributed by atoms with E-state index in [0.717, 1.165) is 0 Å². The molecule has 0 saturated carbocycles. The summed E-state index contributed by atoms with van der Waals surface area (Å²) in [5.41, 5.74) is 0.554. The molecule has 22 heavy (non-hydrogen) atoms. The van der Waals surface area contributed by atoms with Crippen LogP contribution in [0.15, 0.2) is 18.2 Å². The van der Waals surface area contributed by atoms with E-state index in [9.17, 15) is 13.2 Å². The lowest BCUT2D eigenvalue weighted by atomic mass is 10.0. The van der Waals surface area contributed by atoms with Crippen molar-refractivity contribution in [3.8, 4) is 0 Å². The summed E-state index contributed by atoms with van der Waals surface area (Å²) in [5, 5.41) is 3.77. The van der Waals surface area contributed by atoms with Gasteiger partial charge in [-0.3, -0.25) is 4.90 Å². The van der Waals surface area contributed by atoms with Crippen molar-refractivity contribution in [3.05, 3.63) is 33.8 Å². The summed E-state index contributed by atoms with van der Waals surface area (Å²) in [4.78, 5) is 1.84. The fourth-order valence-electron chi connectivity index (χ4n) is 2.39. The maximum absolute atomic E-state index is 12.8. The SMILES string of the molecule is Cl.Cl.FC(F)(F)C[C@H](c1ccc(Cl)c(Cl)c1)N1CCNCC1. The minimum absolute atomic E-state index is 0. The van der Waals surface area contributed by atoms with Crippen molar-refractivity contribution in [1.29, 1.82) is 0 Å². The molecule has 0 radical (unpaired) electrons. The first-order valence-electron chi connectivity index (χ1n) is 6.33. The van der Waals surface area contributed by atoms with Crippen LogP contribution in [0.3, 0.4) is 0 Å². The highest BCUT2D eigenvalue weighted by Crippen LogP contribution is 2.36. The summed E-state index contributed by atoms with van der Waals surface area (Å²) in [6.45, 7) is 2.55. The molecule has 1 aromatic carbocycles. The topological polar surface area (TPSA) is 15.3 Å². The fourth-order valence-corrected chi connectivity index (χ4v) is 2.70. The maximum atomic E-state index is 12.8. The van der Waals surface area contributed by atoms with Gasteiger partial charge >= 0.3 is 6.18 Å². The lowest BCUT2D eigenvalue weighted by molar-refractivity contribution is -0.148. The van der Waals surface area contributed by atoms with Gasteiger partial charge in [0.1, 0.15) is 0 Å². The predicted molar refractivity (Wildman–Crippen MR) is 88.8 cm³/mol. The number of hydrogen-bond acceptors (Lipinski definition) is 2. The minimum Gasteiger partial charge on any atom is -0.314 e. The van der Waals surface area contributed by atoms with Gasteiger partial charge in [-0.2, -0.15) is 13.2 Å². The van der Waals surface area contributed by atoms with Gasteiger partial charge in [-0.15, -0.1) is 24.8 Å². The lowest BCUT2D eigenvalue weighted by Gasteiger charge is -2.35. The van der Waals surface area contributed by atoms with Gasteiger partial charge in [-0.25, -0.2) is 0 Å². The van der Waals surface area contributed by atoms with Gasteiger partial charge < -0.3 is 5.32 Å². The van der Waals surface area contributed by atoms with E-state index in [1.165, 1.54) is 6.07 Å². The second-order valence-corrected chi connectivity index (χ2v) is 5.61. The van der Waals surface area contributed by atoms with E-state index in [-0.39, 0.29) is 29.8 Å². The number of halogens is 7. The second kappa shape index (κ2) is 9.40. The molecule has 1 saturated heterocycles. The smallest absolute Gasteiger partial charge is 0.314 e. The number of benzene rings is 1. The highest BCUT2D eigenvalue weighted by Gasteiger charge is 2.36. The molecule has 1 aliphatic heterocycles. The maximum Gasteiger partial charge on any atom is 0.390 e. The summed E-state index contributed by atoms with van der Waals surface area (Å²) < 4.78 is 38.5. The average molecular weight is 400 g/mol. The summed E-state index contributed by atoms with van der Waals surface area (Å²) in [7, 11) is 0. The molecule has 128 valence electrons. The molecule has 2 nitrogen and oxygen atoms in total. The first kappa shape index (κ1) is 22.1. The summed E-state index contributed by atoms with van der Waals surface area (Å²) in [5.74, 6) is 0. The molecule has 2 rings (SSSR count). The van der Waals surface area contributed by atoms with Crippen LogP contribution in [0.4, 0.5) is 13.2 Å². The van der Waals surface area contributed by atoms with Gasteiger partial charge in [0, 0.05) is 32.2 Å². The Morgan fingerprint density at radius 3 is 2.18 bits per heavy atom. The van der Waals surface area contributed by atoms with Crippen molar-refractivity contribution < 1.29 is 13.2 Å². The number of rotatable bonds is 3. The van der Waals surface area contributed by atoms with Crippen LogP contribution in [-0.4, -0.2) is 37.3 Å². The van der Waals surface area contributed by atoms with E-state index in [0.29, 0.717) is 36.8 Å².